The molecule has 1 aliphatic rings. The van der Waals surface area contributed by atoms with Crippen molar-refractivity contribution in [3.63, 3.8) is 0 Å². The molecule has 1 heterocycles. The van der Waals surface area contributed by atoms with Gasteiger partial charge in [0.25, 0.3) is 5.91 Å². The summed E-state index contributed by atoms with van der Waals surface area (Å²) < 4.78 is 19.6. The molecule has 3 rings (SSSR count). The average Bonchev–Trinajstić information content (AvgIpc) is 3.10. The minimum absolute atomic E-state index is 0.0166. The summed E-state index contributed by atoms with van der Waals surface area (Å²) in [4.78, 5) is 27.2. The van der Waals surface area contributed by atoms with Crippen molar-refractivity contribution >= 4 is 23.6 Å². The van der Waals surface area contributed by atoms with Crippen LogP contribution in [0.4, 0.5) is 4.39 Å². The molecule has 0 aromatic heterocycles. The number of esters is 1. The Kier molecular flexibility index (Phi) is 6.73. The minimum Gasteiger partial charge on any atom is -0.461 e. The van der Waals surface area contributed by atoms with Gasteiger partial charge in [-0.05, 0) is 44.4 Å². The predicted octanol–water partition coefficient (Wildman–Crippen LogP) is 4.29. The van der Waals surface area contributed by atoms with E-state index in [0.29, 0.717) is 12.2 Å². The number of hydrogen-bond acceptors (Lipinski definition) is 4. The van der Waals surface area contributed by atoms with Crippen LogP contribution >= 0.6 is 11.8 Å². The van der Waals surface area contributed by atoms with E-state index in [4.69, 9.17) is 4.74 Å². The fourth-order valence-corrected chi connectivity index (χ4v) is 4.65. The van der Waals surface area contributed by atoms with Crippen LogP contribution in [0.15, 0.2) is 54.6 Å². The first kappa shape index (κ1) is 20.4. The first-order valence-electron chi connectivity index (χ1n) is 9.40. The Morgan fingerprint density at radius 1 is 1.14 bits per heavy atom. The maximum absolute atomic E-state index is 14.2. The highest BCUT2D eigenvalue weighted by atomic mass is 32.2. The van der Waals surface area contributed by atoms with Gasteiger partial charge in [0.15, 0.2) is 0 Å². The largest absolute Gasteiger partial charge is 0.461 e. The Labute approximate surface area is 169 Å². The number of rotatable bonds is 6. The number of halogens is 1. The number of thioether (sulfide) groups is 1. The van der Waals surface area contributed by atoms with Gasteiger partial charge in [0.2, 0.25) is 0 Å². The van der Waals surface area contributed by atoms with E-state index in [0.717, 1.165) is 12.0 Å². The Bertz CT molecular complexity index is 828. The van der Waals surface area contributed by atoms with E-state index >= 15 is 0 Å². The van der Waals surface area contributed by atoms with Crippen LogP contribution in [0.1, 0.15) is 36.2 Å². The van der Waals surface area contributed by atoms with Gasteiger partial charge >= 0.3 is 5.97 Å². The maximum Gasteiger partial charge on any atom is 0.330 e. The molecule has 0 aliphatic carbocycles. The van der Waals surface area contributed by atoms with Crippen LogP contribution in [0.25, 0.3) is 0 Å². The van der Waals surface area contributed by atoms with Crippen LogP contribution in [0.5, 0.6) is 0 Å². The van der Waals surface area contributed by atoms with Crippen molar-refractivity contribution < 1.29 is 18.7 Å². The van der Waals surface area contributed by atoms with E-state index in [9.17, 15) is 14.0 Å². The van der Waals surface area contributed by atoms with Gasteiger partial charge in [-0.15, -0.1) is 11.8 Å². The van der Waals surface area contributed by atoms with Gasteiger partial charge in [-0.1, -0.05) is 42.5 Å². The van der Waals surface area contributed by atoms with Gasteiger partial charge in [0, 0.05) is 5.75 Å². The monoisotopic (exact) mass is 401 g/mol. The Morgan fingerprint density at radius 2 is 1.82 bits per heavy atom. The first-order chi connectivity index (χ1) is 13.5. The standard InChI is InChI=1S/C22H24FNO3S/c1-15(2)27-22(26)19-14-28-20(13-12-16-8-4-3-5-9-16)24(19)21(25)17-10-6-7-11-18(17)23/h3-11,15,19-20H,12-14H2,1-2H3. The lowest BCUT2D eigenvalue weighted by molar-refractivity contribution is -0.151. The number of hydrogen-bond donors (Lipinski definition) is 0. The fraction of sp³-hybridized carbons (Fsp3) is 0.364. The summed E-state index contributed by atoms with van der Waals surface area (Å²) in [5.74, 6) is -1.03. The minimum atomic E-state index is -0.708. The van der Waals surface area contributed by atoms with Crippen LogP contribution < -0.4 is 0 Å². The first-order valence-corrected chi connectivity index (χ1v) is 10.5. The van der Waals surface area contributed by atoms with Crippen LogP contribution in [-0.4, -0.2) is 40.0 Å². The highest BCUT2D eigenvalue weighted by Crippen LogP contribution is 2.34. The zero-order valence-corrected chi connectivity index (χ0v) is 16.8. The molecule has 1 saturated heterocycles. The van der Waals surface area contributed by atoms with Gasteiger partial charge in [0.05, 0.1) is 17.0 Å². The smallest absolute Gasteiger partial charge is 0.330 e. The summed E-state index contributed by atoms with van der Waals surface area (Å²) in [6, 6.07) is 15.2. The SMILES string of the molecule is CC(C)OC(=O)C1CSC(CCc2ccccc2)N1C(=O)c1ccccc1F. The highest BCUT2D eigenvalue weighted by molar-refractivity contribution is 8.00. The average molecular weight is 402 g/mol. The summed E-state index contributed by atoms with van der Waals surface area (Å²) in [5.41, 5.74) is 1.15. The van der Waals surface area contributed by atoms with Crippen LogP contribution in [0.2, 0.25) is 0 Å². The highest BCUT2D eigenvalue weighted by Gasteiger charge is 2.43. The van der Waals surface area contributed by atoms with Crippen LogP contribution in [0.3, 0.4) is 0 Å². The molecular weight excluding hydrogens is 377 g/mol. The molecule has 6 heteroatoms. The van der Waals surface area contributed by atoms with Crippen molar-refractivity contribution in [1.29, 1.82) is 0 Å². The lowest BCUT2D eigenvalue weighted by atomic mass is 10.1. The third kappa shape index (κ3) is 4.73. The van der Waals surface area contributed by atoms with E-state index in [1.165, 1.54) is 17.0 Å². The Hall–Kier alpha value is -2.34. The number of benzene rings is 2. The molecule has 2 aromatic carbocycles. The quantitative estimate of drug-likeness (QED) is 0.678. The molecular formula is C22H24FNO3S. The van der Waals surface area contributed by atoms with Crippen LogP contribution in [-0.2, 0) is 16.0 Å². The number of carbonyl (C=O) groups is 2. The van der Waals surface area contributed by atoms with E-state index < -0.39 is 23.7 Å². The van der Waals surface area contributed by atoms with Gasteiger partial charge < -0.3 is 9.64 Å². The maximum atomic E-state index is 14.2. The molecule has 2 aromatic rings. The van der Waals surface area contributed by atoms with Gasteiger partial charge in [-0.2, -0.15) is 0 Å². The molecule has 2 unspecified atom stereocenters. The number of aryl methyl sites for hydroxylation is 1. The topological polar surface area (TPSA) is 46.6 Å². The predicted molar refractivity (Wildman–Crippen MR) is 109 cm³/mol. The van der Waals surface area contributed by atoms with Crippen molar-refractivity contribution in [1.82, 2.24) is 4.90 Å². The molecule has 148 valence electrons. The fourth-order valence-electron chi connectivity index (χ4n) is 3.26. The summed E-state index contributed by atoms with van der Waals surface area (Å²) >= 11 is 1.54. The van der Waals surface area contributed by atoms with Crippen molar-refractivity contribution in [3.05, 3.63) is 71.5 Å². The number of nitrogens with zero attached hydrogens (tertiary/aromatic N) is 1. The van der Waals surface area contributed by atoms with Gasteiger partial charge in [0.1, 0.15) is 11.9 Å². The molecule has 4 nitrogen and oxygen atoms in total. The van der Waals surface area contributed by atoms with Gasteiger partial charge in [-0.25, -0.2) is 9.18 Å². The molecule has 0 radical (unpaired) electrons. The summed E-state index contributed by atoms with van der Waals surface area (Å²) in [5, 5.41) is -0.211. The van der Waals surface area contributed by atoms with Crippen molar-refractivity contribution in [2.75, 3.05) is 5.75 Å². The summed E-state index contributed by atoms with van der Waals surface area (Å²) in [6.45, 7) is 3.55. The second-order valence-corrected chi connectivity index (χ2v) is 8.22. The van der Waals surface area contributed by atoms with Crippen molar-refractivity contribution in [2.45, 2.75) is 44.2 Å². The number of ether oxygens (including phenoxy) is 1. The van der Waals surface area contributed by atoms with E-state index in [1.807, 2.05) is 30.3 Å². The Morgan fingerprint density at radius 3 is 2.50 bits per heavy atom. The van der Waals surface area contributed by atoms with E-state index in [2.05, 4.69) is 0 Å². The van der Waals surface area contributed by atoms with Gasteiger partial charge in [-0.3, -0.25) is 4.79 Å². The zero-order chi connectivity index (χ0) is 20.1. The molecule has 1 aliphatic heterocycles. The summed E-state index contributed by atoms with van der Waals surface area (Å²) in [7, 11) is 0. The zero-order valence-electron chi connectivity index (χ0n) is 16.0. The molecule has 0 spiro atoms. The normalized spacial score (nSPS) is 19.1. The van der Waals surface area contributed by atoms with Crippen LogP contribution in [0, 0.1) is 5.82 Å². The molecule has 2 atom stereocenters. The molecule has 28 heavy (non-hydrogen) atoms. The van der Waals surface area contributed by atoms with E-state index in [-0.39, 0.29) is 17.0 Å². The summed E-state index contributed by atoms with van der Waals surface area (Å²) in [6.07, 6.45) is 1.18. The van der Waals surface area contributed by atoms with E-state index in [1.54, 1.807) is 37.7 Å². The molecule has 0 N–H and O–H groups in total. The second-order valence-electron chi connectivity index (χ2n) is 7.01. The third-order valence-electron chi connectivity index (χ3n) is 4.58. The molecule has 0 bridgehead atoms. The second kappa shape index (κ2) is 9.24. The molecule has 1 fully saturated rings. The lowest BCUT2D eigenvalue weighted by Crippen LogP contribution is -2.47. The molecule has 0 saturated carbocycles. The number of amides is 1. The molecule has 1 amide bonds. The number of carbonyl (C=O) groups excluding carboxylic acids is 2. The third-order valence-corrected chi connectivity index (χ3v) is 5.93. The lowest BCUT2D eigenvalue weighted by Gasteiger charge is -2.29. The van der Waals surface area contributed by atoms with Crippen molar-refractivity contribution in [3.8, 4) is 0 Å². The van der Waals surface area contributed by atoms with Crippen molar-refractivity contribution in [2.24, 2.45) is 0 Å². The Balaban J connectivity index is 1.83.